The van der Waals surface area contributed by atoms with Gasteiger partial charge in [-0.1, -0.05) is 39.1 Å². The van der Waals surface area contributed by atoms with Gasteiger partial charge in [-0.25, -0.2) is 0 Å². The Labute approximate surface area is 147 Å². The van der Waals surface area contributed by atoms with E-state index in [1.54, 1.807) is 38.6 Å². The van der Waals surface area contributed by atoms with Crippen LogP contribution < -0.4 is 14.9 Å². The minimum absolute atomic E-state index is 0.462. The molecule has 0 atom stereocenters. The van der Waals surface area contributed by atoms with Crippen molar-refractivity contribution >= 4 is 51.0 Å². The quantitative estimate of drug-likeness (QED) is 0.549. The predicted octanol–water partition coefficient (Wildman–Crippen LogP) is 5.22. The summed E-state index contributed by atoms with van der Waals surface area (Å²) in [4.78, 5) is 0. The van der Waals surface area contributed by atoms with Crippen LogP contribution in [0.4, 0.5) is 5.69 Å². The van der Waals surface area contributed by atoms with Crippen LogP contribution in [0.3, 0.4) is 0 Å². The number of nitrogens with one attached hydrogen (secondary N) is 1. The minimum atomic E-state index is 0.462. The highest BCUT2D eigenvalue weighted by Gasteiger charge is 2.10. The number of halogens is 3. The van der Waals surface area contributed by atoms with Gasteiger partial charge in [0.25, 0.3) is 0 Å². The summed E-state index contributed by atoms with van der Waals surface area (Å²) in [5.74, 6) is 1.22. The summed E-state index contributed by atoms with van der Waals surface area (Å²) < 4.78 is 11.5. The first-order valence-electron chi connectivity index (χ1n) is 6.20. The second-order valence-corrected chi connectivity index (χ2v) is 5.96. The molecule has 0 spiro atoms. The third-order valence-corrected chi connectivity index (χ3v) is 3.99. The lowest BCUT2D eigenvalue weighted by Crippen LogP contribution is -1.97. The molecule has 0 heterocycles. The SMILES string of the molecule is COc1cc(Br)cc(C=NNc2ccc(Cl)c(Cl)c2)c1OC. The zero-order valence-electron chi connectivity index (χ0n) is 11.9. The summed E-state index contributed by atoms with van der Waals surface area (Å²) in [5, 5.41) is 5.13. The monoisotopic (exact) mass is 402 g/mol. The third-order valence-electron chi connectivity index (χ3n) is 2.79. The van der Waals surface area contributed by atoms with Crippen LogP contribution in [0.1, 0.15) is 5.56 Å². The van der Waals surface area contributed by atoms with Crippen LogP contribution in [0.15, 0.2) is 39.9 Å². The molecule has 0 aliphatic rings. The molecule has 0 aromatic heterocycles. The van der Waals surface area contributed by atoms with E-state index in [9.17, 15) is 0 Å². The summed E-state index contributed by atoms with van der Waals surface area (Å²) in [6.07, 6.45) is 1.63. The largest absolute Gasteiger partial charge is 0.493 e. The van der Waals surface area contributed by atoms with E-state index >= 15 is 0 Å². The first kappa shape index (κ1) is 16.9. The molecular formula is C15H13BrCl2N2O2. The first-order valence-corrected chi connectivity index (χ1v) is 7.75. The Morgan fingerprint density at radius 3 is 2.50 bits per heavy atom. The standard InChI is InChI=1S/C15H13BrCl2N2O2/c1-21-14-6-10(16)5-9(15(14)22-2)8-19-20-11-3-4-12(17)13(18)7-11/h3-8,20H,1-2H3. The molecule has 0 unspecified atom stereocenters. The lowest BCUT2D eigenvalue weighted by atomic mass is 10.2. The fraction of sp³-hybridized carbons (Fsp3) is 0.133. The maximum absolute atomic E-state index is 5.95. The van der Waals surface area contributed by atoms with E-state index in [-0.39, 0.29) is 0 Å². The van der Waals surface area contributed by atoms with E-state index in [1.165, 1.54) is 0 Å². The maximum Gasteiger partial charge on any atom is 0.169 e. The number of ether oxygens (including phenoxy) is 2. The number of anilines is 1. The zero-order chi connectivity index (χ0) is 16.1. The van der Waals surface area contributed by atoms with Gasteiger partial charge in [-0.3, -0.25) is 5.43 Å². The highest BCUT2D eigenvalue weighted by molar-refractivity contribution is 9.10. The van der Waals surface area contributed by atoms with Crippen molar-refractivity contribution in [2.24, 2.45) is 5.10 Å². The van der Waals surface area contributed by atoms with Crippen LogP contribution in [-0.2, 0) is 0 Å². The van der Waals surface area contributed by atoms with Crippen molar-refractivity contribution in [2.45, 2.75) is 0 Å². The van der Waals surface area contributed by atoms with E-state index in [2.05, 4.69) is 26.5 Å². The Kier molecular flexibility index (Phi) is 5.94. The average molecular weight is 404 g/mol. The number of hydrogen-bond acceptors (Lipinski definition) is 4. The van der Waals surface area contributed by atoms with Crippen LogP contribution in [0.2, 0.25) is 10.0 Å². The Hall–Kier alpha value is -1.43. The number of benzene rings is 2. The van der Waals surface area contributed by atoms with E-state index in [1.807, 2.05) is 12.1 Å². The number of methoxy groups -OCH3 is 2. The molecule has 22 heavy (non-hydrogen) atoms. The van der Waals surface area contributed by atoms with Crippen LogP contribution in [-0.4, -0.2) is 20.4 Å². The maximum atomic E-state index is 5.95. The van der Waals surface area contributed by atoms with Crippen molar-refractivity contribution < 1.29 is 9.47 Å². The van der Waals surface area contributed by atoms with Gasteiger partial charge in [-0.15, -0.1) is 0 Å². The topological polar surface area (TPSA) is 42.8 Å². The Morgan fingerprint density at radius 1 is 1.09 bits per heavy atom. The molecule has 0 radical (unpaired) electrons. The van der Waals surface area contributed by atoms with Gasteiger partial charge in [0.05, 0.1) is 36.2 Å². The molecule has 4 nitrogen and oxygen atoms in total. The summed E-state index contributed by atoms with van der Waals surface area (Å²) in [6, 6.07) is 8.87. The normalized spacial score (nSPS) is 10.8. The van der Waals surface area contributed by atoms with E-state index < -0.39 is 0 Å². The molecule has 0 saturated heterocycles. The summed E-state index contributed by atoms with van der Waals surface area (Å²) >= 11 is 15.2. The molecule has 0 bridgehead atoms. The molecule has 0 fully saturated rings. The average Bonchev–Trinajstić information content (AvgIpc) is 2.50. The summed E-state index contributed by atoms with van der Waals surface area (Å²) in [7, 11) is 3.16. The van der Waals surface area contributed by atoms with Gasteiger partial charge >= 0.3 is 0 Å². The fourth-order valence-corrected chi connectivity index (χ4v) is 2.55. The number of nitrogens with zero attached hydrogens (tertiary/aromatic N) is 1. The van der Waals surface area contributed by atoms with Crippen molar-refractivity contribution in [3.63, 3.8) is 0 Å². The highest BCUT2D eigenvalue weighted by atomic mass is 79.9. The first-order chi connectivity index (χ1) is 10.5. The molecule has 0 aliphatic heterocycles. The van der Waals surface area contributed by atoms with Crippen molar-refractivity contribution in [2.75, 3.05) is 19.6 Å². The molecule has 2 aromatic rings. The van der Waals surface area contributed by atoms with Gasteiger partial charge in [-0.05, 0) is 30.3 Å². The second-order valence-electron chi connectivity index (χ2n) is 4.23. The second kappa shape index (κ2) is 7.72. The zero-order valence-corrected chi connectivity index (χ0v) is 15.0. The lowest BCUT2D eigenvalue weighted by Gasteiger charge is -2.11. The van der Waals surface area contributed by atoms with E-state index in [4.69, 9.17) is 32.7 Å². The van der Waals surface area contributed by atoms with Crippen molar-refractivity contribution in [3.8, 4) is 11.5 Å². The van der Waals surface area contributed by atoms with Crippen LogP contribution in [0.25, 0.3) is 0 Å². The molecule has 1 N–H and O–H groups in total. The van der Waals surface area contributed by atoms with Gasteiger partial charge in [0.1, 0.15) is 0 Å². The van der Waals surface area contributed by atoms with Gasteiger partial charge in [0, 0.05) is 10.0 Å². The molecule has 2 rings (SSSR count). The molecule has 116 valence electrons. The van der Waals surface area contributed by atoms with Gasteiger partial charge in [0.15, 0.2) is 11.5 Å². The molecule has 0 saturated carbocycles. The predicted molar refractivity (Wildman–Crippen MR) is 94.9 cm³/mol. The molecule has 0 aliphatic carbocycles. The molecule has 0 amide bonds. The molecule has 7 heteroatoms. The van der Waals surface area contributed by atoms with Crippen LogP contribution in [0.5, 0.6) is 11.5 Å². The van der Waals surface area contributed by atoms with Crippen molar-refractivity contribution in [3.05, 3.63) is 50.4 Å². The Morgan fingerprint density at radius 2 is 1.86 bits per heavy atom. The number of rotatable bonds is 5. The minimum Gasteiger partial charge on any atom is -0.493 e. The fourth-order valence-electron chi connectivity index (χ4n) is 1.80. The van der Waals surface area contributed by atoms with Crippen molar-refractivity contribution in [1.82, 2.24) is 0 Å². The third kappa shape index (κ3) is 4.06. The number of hydrazone groups is 1. The molecule has 2 aromatic carbocycles. The van der Waals surface area contributed by atoms with E-state index in [0.29, 0.717) is 21.5 Å². The lowest BCUT2D eigenvalue weighted by molar-refractivity contribution is 0.354. The van der Waals surface area contributed by atoms with Crippen LogP contribution in [0, 0.1) is 0 Å². The van der Waals surface area contributed by atoms with Gasteiger partial charge in [0.2, 0.25) is 0 Å². The number of hydrogen-bond donors (Lipinski definition) is 1. The van der Waals surface area contributed by atoms with E-state index in [0.717, 1.165) is 15.7 Å². The summed E-state index contributed by atoms with van der Waals surface area (Å²) in [5.41, 5.74) is 4.38. The Bertz CT molecular complexity index is 708. The highest BCUT2D eigenvalue weighted by Crippen LogP contribution is 2.33. The van der Waals surface area contributed by atoms with Crippen molar-refractivity contribution in [1.29, 1.82) is 0 Å². The van der Waals surface area contributed by atoms with Gasteiger partial charge in [-0.2, -0.15) is 5.10 Å². The molecular weight excluding hydrogens is 391 g/mol. The Balaban J connectivity index is 2.22. The van der Waals surface area contributed by atoms with Gasteiger partial charge < -0.3 is 9.47 Å². The van der Waals surface area contributed by atoms with Crippen LogP contribution >= 0.6 is 39.1 Å². The smallest absolute Gasteiger partial charge is 0.169 e. The summed E-state index contributed by atoms with van der Waals surface area (Å²) in [6.45, 7) is 0.